The Morgan fingerprint density at radius 3 is 2.55 bits per heavy atom. The lowest BCUT2D eigenvalue weighted by Crippen LogP contribution is -2.48. The summed E-state index contributed by atoms with van der Waals surface area (Å²) in [4.78, 5) is 30.0. The van der Waals surface area contributed by atoms with E-state index in [0.717, 1.165) is 42.4 Å². The molecule has 2 bridgehead atoms. The topological polar surface area (TPSA) is 58.4 Å². The van der Waals surface area contributed by atoms with Gasteiger partial charge in [-0.1, -0.05) is 36.4 Å². The monoisotopic (exact) mass is 388 g/mol. The van der Waals surface area contributed by atoms with Crippen LogP contribution < -0.4 is 0 Å². The lowest BCUT2D eigenvalue weighted by Gasteiger charge is -2.36. The van der Waals surface area contributed by atoms with Gasteiger partial charge in [-0.15, -0.1) is 0 Å². The normalized spacial score (nSPS) is 21.4. The molecule has 3 aromatic rings. The molecule has 1 aromatic heterocycles. The van der Waals surface area contributed by atoms with Gasteiger partial charge in [0.2, 0.25) is 5.91 Å². The molecule has 148 valence electrons. The van der Waals surface area contributed by atoms with Gasteiger partial charge >= 0.3 is 0 Å². The zero-order valence-corrected chi connectivity index (χ0v) is 16.3. The molecule has 4 heterocycles. The Morgan fingerprint density at radius 1 is 0.931 bits per heavy atom. The van der Waals surface area contributed by atoms with E-state index in [-0.39, 0.29) is 24.4 Å². The van der Waals surface area contributed by atoms with E-state index in [9.17, 15) is 9.59 Å². The van der Waals surface area contributed by atoms with Crippen molar-refractivity contribution in [3.05, 3.63) is 66.4 Å². The van der Waals surface area contributed by atoms with Gasteiger partial charge in [-0.3, -0.25) is 14.3 Å². The maximum absolute atomic E-state index is 13.1. The van der Waals surface area contributed by atoms with Crippen molar-refractivity contribution < 1.29 is 9.59 Å². The minimum absolute atomic E-state index is 0.0649. The Morgan fingerprint density at radius 2 is 1.72 bits per heavy atom. The standard InChI is InChI=1S/C23H24N4O2/c28-22(16-26-14-19-8-4-5-9-21(19)24-26)27-13-17-10-11-20(27)15-25(12-17)23(29)18-6-2-1-3-7-18/h1-9,14,17,20H,10-13,15-16H2/t17-,20+/m0/s1. The first-order chi connectivity index (χ1) is 14.2. The van der Waals surface area contributed by atoms with E-state index in [1.165, 1.54) is 0 Å². The Labute approximate surface area is 169 Å². The number of piperidine rings is 1. The smallest absolute Gasteiger partial charge is 0.253 e. The van der Waals surface area contributed by atoms with Gasteiger partial charge in [-0.05, 0) is 37.0 Å². The lowest BCUT2D eigenvalue weighted by atomic mass is 9.95. The van der Waals surface area contributed by atoms with Gasteiger partial charge in [0.1, 0.15) is 6.54 Å². The number of fused-ring (bicyclic) bond motifs is 5. The number of nitrogens with zero attached hydrogens (tertiary/aromatic N) is 4. The van der Waals surface area contributed by atoms with Crippen LogP contribution in [-0.2, 0) is 11.3 Å². The number of amides is 2. The van der Waals surface area contributed by atoms with Crippen LogP contribution >= 0.6 is 0 Å². The van der Waals surface area contributed by atoms with Gasteiger partial charge in [0.05, 0.1) is 5.52 Å². The van der Waals surface area contributed by atoms with E-state index in [4.69, 9.17) is 0 Å². The van der Waals surface area contributed by atoms with Crippen LogP contribution in [0.2, 0.25) is 0 Å². The number of carbonyl (C=O) groups is 2. The first kappa shape index (κ1) is 17.9. The molecule has 0 N–H and O–H groups in total. The van der Waals surface area contributed by atoms with Crippen molar-refractivity contribution in [1.29, 1.82) is 0 Å². The minimum Gasteiger partial charge on any atom is -0.336 e. The predicted molar refractivity (Wildman–Crippen MR) is 110 cm³/mol. The molecule has 3 aliphatic heterocycles. The van der Waals surface area contributed by atoms with Crippen LogP contribution in [0, 0.1) is 5.92 Å². The first-order valence-corrected chi connectivity index (χ1v) is 10.2. The fraction of sp³-hybridized carbons (Fsp3) is 0.348. The predicted octanol–water partition coefficient (Wildman–Crippen LogP) is 2.80. The molecule has 0 aliphatic carbocycles. The zero-order valence-electron chi connectivity index (χ0n) is 16.3. The van der Waals surface area contributed by atoms with E-state index in [1.54, 1.807) is 4.68 Å². The van der Waals surface area contributed by atoms with Crippen LogP contribution in [0.3, 0.4) is 0 Å². The van der Waals surface area contributed by atoms with E-state index < -0.39 is 0 Å². The number of rotatable bonds is 3. The van der Waals surface area contributed by atoms with Crippen molar-refractivity contribution in [3.8, 4) is 0 Å². The molecule has 3 aliphatic rings. The van der Waals surface area contributed by atoms with E-state index >= 15 is 0 Å². The van der Waals surface area contributed by atoms with Crippen molar-refractivity contribution in [1.82, 2.24) is 19.6 Å². The van der Waals surface area contributed by atoms with Crippen LogP contribution in [0.4, 0.5) is 0 Å². The Hall–Kier alpha value is -3.15. The molecule has 6 rings (SSSR count). The summed E-state index contributed by atoms with van der Waals surface area (Å²) in [6, 6.07) is 17.4. The van der Waals surface area contributed by atoms with Gasteiger partial charge < -0.3 is 9.80 Å². The second-order valence-corrected chi connectivity index (χ2v) is 8.10. The highest BCUT2D eigenvalue weighted by Gasteiger charge is 2.38. The van der Waals surface area contributed by atoms with Gasteiger partial charge in [0.15, 0.2) is 0 Å². The Bertz CT molecular complexity index is 1010. The largest absolute Gasteiger partial charge is 0.336 e. The van der Waals surface area contributed by atoms with Crippen molar-refractivity contribution in [2.24, 2.45) is 5.92 Å². The van der Waals surface area contributed by atoms with Crippen LogP contribution in [0.15, 0.2) is 60.8 Å². The molecule has 3 fully saturated rings. The molecule has 0 spiro atoms. The molecular weight excluding hydrogens is 364 g/mol. The number of carbonyl (C=O) groups excluding carboxylic acids is 2. The van der Waals surface area contributed by atoms with E-state index in [1.807, 2.05) is 70.6 Å². The molecule has 2 amide bonds. The van der Waals surface area contributed by atoms with Crippen LogP contribution in [-0.4, -0.2) is 57.1 Å². The zero-order chi connectivity index (χ0) is 19.8. The second-order valence-electron chi connectivity index (χ2n) is 8.10. The highest BCUT2D eigenvalue weighted by Crippen LogP contribution is 2.29. The van der Waals surface area contributed by atoms with Crippen LogP contribution in [0.5, 0.6) is 0 Å². The molecule has 2 aromatic carbocycles. The number of aromatic nitrogens is 2. The highest BCUT2D eigenvalue weighted by atomic mass is 16.2. The minimum atomic E-state index is 0.0649. The maximum atomic E-state index is 13.1. The molecule has 6 nitrogen and oxygen atoms in total. The second kappa shape index (κ2) is 7.35. The molecule has 3 saturated heterocycles. The van der Waals surface area contributed by atoms with Gasteiger partial charge in [0.25, 0.3) is 5.91 Å². The third kappa shape index (κ3) is 3.50. The van der Waals surface area contributed by atoms with Crippen molar-refractivity contribution in [2.75, 3.05) is 19.6 Å². The van der Waals surface area contributed by atoms with Crippen molar-refractivity contribution >= 4 is 22.7 Å². The van der Waals surface area contributed by atoms with Crippen molar-refractivity contribution in [3.63, 3.8) is 0 Å². The Balaban J connectivity index is 1.31. The summed E-state index contributed by atoms with van der Waals surface area (Å²) in [6.07, 6.45) is 3.95. The van der Waals surface area contributed by atoms with Crippen LogP contribution in [0.1, 0.15) is 23.2 Å². The summed E-state index contributed by atoms with van der Waals surface area (Å²) in [5, 5.41) is 5.56. The summed E-state index contributed by atoms with van der Waals surface area (Å²) in [5.74, 6) is 0.485. The van der Waals surface area contributed by atoms with Gasteiger partial charge in [-0.25, -0.2) is 0 Å². The third-order valence-corrected chi connectivity index (χ3v) is 6.10. The SMILES string of the molecule is O=C(c1ccccc1)N1C[C@@H]2CC[C@H](C1)N(C(=O)Cn1cc3ccccc3n1)C2. The quantitative estimate of drug-likeness (QED) is 0.693. The van der Waals surface area contributed by atoms with Crippen molar-refractivity contribution in [2.45, 2.75) is 25.4 Å². The summed E-state index contributed by atoms with van der Waals surface area (Å²) < 4.78 is 1.73. The summed E-state index contributed by atoms with van der Waals surface area (Å²) in [6.45, 7) is 2.30. The molecule has 29 heavy (non-hydrogen) atoms. The fourth-order valence-corrected chi connectivity index (χ4v) is 4.64. The Kier molecular flexibility index (Phi) is 4.54. The van der Waals surface area contributed by atoms with Gasteiger partial charge in [0, 0.05) is 42.8 Å². The van der Waals surface area contributed by atoms with Gasteiger partial charge in [-0.2, -0.15) is 5.10 Å². The fourth-order valence-electron chi connectivity index (χ4n) is 4.64. The summed E-state index contributed by atoms with van der Waals surface area (Å²) in [7, 11) is 0. The molecule has 6 heteroatoms. The molecule has 0 radical (unpaired) electrons. The number of benzene rings is 2. The first-order valence-electron chi connectivity index (χ1n) is 10.2. The average Bonchev–Trinajstić information content (AvgIpc) is 2.93. The molecular formula is C23H24N4O2. The average molecular weight is 388 g/mol. The number of hydrogen-bond acceptors (Lipinski definition) is 3. The summed E-state index contributed by atoms with van der Waals surface area (Å²) >= 11 is 0. The van der Waals surface area contributed by atoms with E-state index in [0.29, 0.717) is 12.5 Å². The third-order valence-electron chi connectivity index (χ3n) is 6.10. The van der Waals surface area contributed by atoms with E-state index in [2.05, 4.69) is 5.10 Å². The maximum Gasteiger partial charge on any atom is 0.253 e. The highest BCUT2D eigenvalue weighted by molar-refractivity contribution is 5.94. The lowest BCUT2D eigenvalue weighted by molar-refractivity contribution is -0.136. The summed E-state index contributed by atoms with van der Waals surface area (Å²) in [5.41, 5.74) is 1.62. The molecule has 2 atom stereocenters. The molecule has 0 unspecified atom stereocenters. The van der Waals surface area contributed by atoms with Crippen LogP contribution in [0.25, 0.3) is 10.9 Å². The number of hydrogen-bond donors (Lipinski definition) is 0. The molecule has 0 saturated carbocycles.